The van der Waals surface area contributed by atoms with Crippen LogP contribution in [0.5, 0.6) is 0 Å². The van der Waals surface area contributed by atoms with E-state index in [0.29, 0.717) is 6.04 Å². The van der Waals surface area contributed by atoms with Crippen LogP contribution < -0.4 is 0 Å². The Morgan fingerprint density at radius 3 is 0.949 bits per heavy atom. The zero-order valence-electron chi connectivity index (χ0n) is 27.1. The van der Waals surface area contributed by atoms with Gasteiger partial charge >= 0.3 is 0 Å². The fourth-order valence-electron chi connectivity index (χ4n) is 6.25. The summed E-state index contributed by atoms with van der Waals surface area (Å²) in [5, 5.41) is 0. The Bertz CT molecular complexity index is 552. The van der Waals surface area contributed by atoms with Crippen LogP contribution in [0, 0.1) is 0 Å². The number of rotatable bonds is 32. The van der Waals surface area contributed by atoms with Crippen LogP contribution in [-0.4, -0.2) is 9.55 Å². The lowest BCUT2D eigenvalue weighted by Crippen LogP contribution is -2.07. The molecule has 0 bridgehead atoms. The van der Waals surface area contributed by atoms with Crippen LogP contribution >= 0.6 is 0 Å². The van der Waals surface area contributed by atoms with E-state index in [1.165, 1.54) is 199 Å². The highest BCUT2D eigenvalue weighted by Gasteiger charge is 2.10. The van der Waals surface area contributed by atoms with Gasteiger partial charge in [-0.3, -0.25) is 0 Å². The van der Waals surface area contributed by atoms with E-state index < -0.39 is 0 Å². The third kappa shape index (κ3) is 24.7. The number of imidazole rings is 1. The maximum Gasteiger partial charge on any atom is 0.0948 e. The Kier molecular flexibility index (Phi) is 28.0. The maximum absolute atomic E-state index is 4.35. The molecule has 1 aromatic heterocycles. The van der Waals surface area contributed by atoms with Gasteiger partial charge in [-0.2, -0.15) is 0 Å². The molecule has 0 aliphatic carbocycles. The minimum Gasteiger partial charge on any atom is -0.334 e. The molecule has 1 unspecified atom stereocenters. The van der Waals surface area contributed by atoms with Gasteiger partial charge in [-0.25, -0.2) is 4.98 Å². The van der Waals surface area contributed by atoms with Crippen LogP contribution in [0.3, 0.4) is 0 Å². The molecule has 230 valence electrons. The molecule has 0 spiro atoms. The van der Waals surface area contributed by atoms with Gasteiger partial charge in [-0.15, -0.1) is 0 Å². The predicted molar refractivity (Wildman–Crippen MR) is 176 cm³/mol. The largest absolute Gasteiger partial charge is 0.334 e. The quantitative estimate of drug-likeness (QED) is 0.0824. The Morgan fingerprint density at radius 1 is 0.410 bits per heavy atom. The monoisotopic (exact) mass is 545 g/mol. The summed E-state index contributed by atoms with van der Waals surface area (Å²) in [6.07, 6.45) is 50.8. The normalized spacial score (nSPS) is 12.4. The summed E-state index contributed by atoms with van der Waals surface area (Å²) in [5.74, 6) is 0. The molecule has 0 radical (unpaired) electrons. The van der Waals surface area contributed by atoms with Crippen molar-refractivity contribution in [2.24, 2.45) is 0 Å². The molecule has 1 heterocycles. The van der Waals surface area contributed by atoms with Crippen LogP contribution in [-0.2, 0) is 0 Å². The minimum absolute atomic E-state index is 0.673. The van der Waals surface area contributed by atoms with Gasteiger partial charge in [0.25, 0.3) is 0 Å². The summed E-state index contributed by atoms with van der Waals surface area (Å²) < 4.78 is 2.39. The van der Waals surface area contributed by atoms with E-state index in [9.17, 15) is 0 Å². The van der Waals surface area contributed by atoms with Gasteiger partial charge in [0.1, 0.15) is 0 Å². The number of aromatic nitrogens is 2. The maximum atomic E-state index is 4.35. The van der Waals surface area contributed by atoms with E-state index in [2.05, 4.69) is 35.9 Å². The molecule has 1 atom stereocenters. The molecule has 1 aromatic rings. The van der Waals surface area contributed by atoms with Gasteiger partial charge in [0, 0.05) is 18.4 Å². The van der Waals surface area contributed by atoms with Crippen molar-refractivity contribution in [3.63, 3.8) is 0 Å². The first kappa shape index (κ1) is 36.2. The zero-order valence-corrected chi connectivity index (χ0v) is 27.1. The lowest BCUT2D eigenvalue weighted by atomic mass is 9.99. The molecular formula is C37H72N2. The Hall–Kier alpha value is -0.790. The summed E-state index contributed by atoms with van der Waals surface area (Å²) in [6, 6.07) is 0.673. The van der Waals surface area contributed by atoms with Crippen molar-refractivity contribution in [1.29, 1.82) is 0 Å². The van der Waals surface area contributed by atoms with E-state index in [-0.39, 0.29) is 0 Å². The van der Waals surface area contributed by atoms with Gasteiger partial charge in [0.2, 0.25) is 0 Å². The first-order valence-electron chi connectivity index (χ1n) is 18.4. The SMILES string of the molecule is CCCCCCCCCCCCCCCCCC(CCCCCCCCCCCCCCCC)n1ccnc1. The van der Waals surface area contributed by atoms with E-state index >= 15 is 0 Å². The molecule has 2 heteroatoms. The van der Waals surface area contributed by atoms with E-state index in [4.69, 9.17) is 0 Å². The smallest absolute Gasteiger partial charge is 0.0948 e. The standard InChI is InChI=1S/C37H72N2/c1-3-5-7-9-11-13-15-17-19-21-23-25-27-29-31-33-37(39-35-34-38-36-39)32-30-28-26-24-22-20-18-16-14-12-10-8-6-4-2/h34-37H,3-33H2,1-2H3. The molecule has 0 aliphatic heterocycles. The van der Waals surface area contributed by atoms with Crippen LogP contribution in [0.2, 0.25) is 0 Å². The van der Waals surface area contributed by atoms with E-state index in [1.54, 1.807) is 0 Å². The third-order valence-electron chi connectivity index (χ3n) is 8.98. The van der Waals surface area contributed by atoms with Gasteiger partial charge < -0.3 is 4.57 Å². The van der Waals surface area contributed by atoms with Crippen molar-refractivity contribution in [3.8, 4) is 0 Å². The molecule has 0 fully saturated rings. The van der Waals surface area contributed by atoms with Crippen molar-refractivity contribution in [2.45, 2.75) is 219 Å². The molecule has 0 saturated carbocycles. The van der Waals surface area contributed by atoms with Crippen molar-refractivity contribution < 1.29 is 0 Å². The molecular weight excluding hydrogens is 472 g/mol. The summed E-state index contributed by atoms with van der Waals surface area (Å²) in [4.78, 5) is 4.35. The average molecular weight is 545 g/mol. The first-order chi connectivity index (χ1) is 19.4. The van der Waals surface area contributed by atoms with Gasteiger partial charge in [-0.05, 0) is 12.8 Å². The van der Waals surface area contributed by atoms with Crippen LogP contribution in [0.15, 0.2) is 18.7 Å². The average Bonchev–Trinajstić information content (AvgIpc) is 3.49. The van der Waals surface area contributed by atoms with Crippen LogP contribution in [0.1, 0.15) is 219 Å². The fraction of sp³-hybridized carbons (Fsp3) is 0.919. The van der Waals surface area contributed by atoms with E-state index in [1.807, 2.05) is 6.20 Å². The number of hydrogen-bond donors (Lipinski definition) is 0. The van der Waals surface area contributed by atoms with Gasteiger partial charge in [0.15, 0.2) is 0 Å². The molecule has 0 amide bonds. The molecule has 1 rings (SSSR count). The number of unbranched alkanes of at least 4 members (excludes halogenated alkanes) is 27. The lowest BCUT2D eigenvalue weighted by molar-refractivity contribution is 0.393. The summed E-state index contributed by atoms with van der Waals surface area (Å²) in [6.45, 7) is 4.61. The highest BCUT2D eigenvalue weighted by Crippen LogP contribution is 2.24. The first-order valence-corrected chi connectivity index (χ1v) is 18.4. The second kappa shape index (κ2) is 30.2. The summed E-state index contributed by atoms with van der Waals surface area (Å²) in [5.41, 5.74) is 0. The topological polar surface area (TPSA) is 17.8 Å². The van der Waals surface area contributed by atoms with Crippen molar-refractivity contribution in [2.75, 3.05) is 0 Å². The molecule has 39 heavy (non-hydrogen) atoms. The molecule has 0 aromatic carbocycles. The molecule has 0 N–H and O–H groups in total. The Balaban J connectivity index is 1.92. The fourth-order valence-corrected chi connectivity index (χ4v) is 6.25. The van der Waals surface area contributed by atoms with Gasteiger partial charge in [-0.1, -0.05) is 200 Å². The van der Waals surface area contributed by atoms with Crippen LogP contribution in [0.25, 0.3) is 0 Å². The van der Waals surface area contributed by atoms with Crippen LogP contribution in [0.4, 0.5) is 0 Å². The molecule has 0 saturated heterocycles. The van der Waals surface area contributed by atoms with Crippen molar-refractivity contribution >= 4 is 0 Å². The Morgan fingerprint density at radius 2 is 0.692 bits per heavy atom. The third-order valence-corrected chi connectivity index (χ3v) is 8.98. The second-order valence-corrected chi connectivity index (χ2v) is 12.8. The van der Waals surface area contributed by atoms with Gasteiger partial charge in [0.05, 0.1) is 6.33 Å². The molecule has 2 nitrogen and oxygen atoms in total. The zero-order chi connectivity index (χ0) is 27.9. The highest BCUT2D eigenvalue weighted by molar-refractivity contribution is 4.80. The van der Waals surface area contributed by atoms with E-state index in [0.717, 1.165) is 0 Å². The number of hydrogen-bond acceptors (Lipinski definition) is 1. The number of nitrogens with zero attached hydrogens (tertiary/aromatic N) is 2. The minimum atomic E-state index is 0.673. The highest BCUT2D eigenvalue weighted by atomic mass is 15.0. The van der Waals surface area contributed by atoms with Crippen molar-refractivity contribution in [3.05, 3.63) is 18.7 Å². The Labute approximate surface area is 246 Å². The summed E-state index contributed by atoms with van der Waals surface area (Å²) in [7, 11) is 0. The second-order valence-electron chi connectivity index (χ2n) is 12.8. The molecule has 0 aliphatic rings. The lowest BCUT2D eigenvalue weighted by Gasteiger charge is -2.18. The predicted octanol–water partition coefficient (Wildman–Crippen LogP) is 13.6. The van der Waals surface area contributed by atoms with Crippen molar-refractivity contribution in [1.82, 2.24) is 9.55 Å². The summed E-state index contributed by atoms with van der Waals surface area (Å²) >= 11 is 0.